The van der Waals surface area contributed by atoms with Crippen molar-refractivity contribution in [3.05, 3.63) is 16.1 Å². The Balaban J connectivity index is 0.00000364. The SMILES string of the molecule is CN=C(NCCCOCC1CCOCC1)NCCc1csc(C(C)C)n1.I. The van der Waals surface area contributed by atoms with Crippen LogP contribution in [0.15, 0.2) is 10.4 Å². The van der Waals surface area contributed by atoms with Gasteiger partial charge in [-0.2, -0.15) is 0 Å². The maximum Gasteiger partial charge on any atom is 0.190 e. The van der Waals surface area contributed by atoms with Gasteiger partial charge < -0.3 is 20.1 Å². The lowest BCUT2D eigenvalue weighted by molar-refractivity contribution is 0.0203. The normalized spacial score (nSPS) is 15.6. The van der Waals surface area contributed by atoms with Crippen LogP contribution in [-0.2, 0) is 15.9 Å². The first-order valence-electron chi connectivity index (χ1n) is 9.73. The Bertz CT molecular complexity index is 534. The Morgan fingerprint density at radius 2 is 2.07 bits per heavy atom. The number of guanidine groups is 1. The van der Waals surface area contributed by atoms with E-state index in [0.29, 0.717) is 11.8 Å². The summed E-state index contributed by atoms with van der Waals surface area (Å²) in [5.74, 6) is 2.02. The molecule has 1 fully saturated rings. The number of rotatable bonds is 10. The van der Waals surface area contributed by atoms with Gasteiger partial charge in [0.05, 0.1) is 10.7 Å². The third kappa shape index (κ3) is 10.0. The summed E-state index contributed by atoms with van der Waals surface area (Å²) < 4.78 is 11.2. The first-order valence-corrected chi connectivity index (χ1v) is 10.6. The van der Waals surface area contributed by atoms with Crippen molar-refractivity contribution in [1.82, 2.24) is 15.6 Å². The van der Waals surface area contributed by atoms with Crippen LogP contribution in [0, 0.1) is 5.92 Å². The highest BCUT2D eigenvalue weighted by Crippen LogP contribution is 2.19. The molecule has 0 radical (unpaired) electrons. The minimum atomic E-state index is 0. The highest BCUT2D eigenvalue weighted by atomic mass is 127. The topological polar surface area (TPSA) is 67.8 Å². The Labute approximate surface area is 184 Å². The lowest BCUT2D eigenvalue weighted by Gasteiger charge is -2.21. The van der Waals surface area contributed by atoms with Gasteiger partial charge in [-0.15, -0.1) is 35.3 Å². The molecule has 1 aliphatic rings. The number of hydrogen-bond acceptors (Lipinski definition) is 5. The summed E-state index contributed by atoms with van der Waals surface area (Å²) in [4.78, 5) is 8.93. The smallest absolute Gasteiger partial charge is 0.190 e. The van der Waals surface area contributed by atoms with Crippen molar-refractivity contribution >= 4 is 41.3 Å². The number of nitrogens with zero attached hydrogens (tertiary/aromatic N) is 2. The number of aromatic nitrogens is 1. The Morgan fingerprint density at radius 1 is 1.33 bits per heavy atom. The van der Waals surface area contributed by atoms with Crippen LogP contribution in [-0.4, -0.2) is 57.5 Å². The van der Waals surface area contributed by atoms with E-state index in [4.69, 9.17) is 9.47 Å². The zero-order valence-corrected chi connectivity index (χ0v) is 20.0. The lowest BCUT2D eigenvalue weighted by atomic mass is 10.0. The zero-order valence-electron chi connectivity index (χ0n) is 16.8. The fourth-order valence-electron chi connectivity index (χ4n) is 2.78. The van der Waals surface area contributed by atoms with Crippen LogP contribution >= 0.6 is 35.3 Å². The molecule has 6 nitrogen and oxygen atoms in total. The van der Waals surface area contributed by atoms with E-state index in [1.165, 1.54) is 5.01 Å². The van der Waals surface area contributed by atoms with E-state index in [2.05, 4.69) is 39.8 Å². The van der Waals surface area contributed by atoms with Gasteiger partial charge in [-0.25, -0.2) is 4.98 Å². The third-order valence-electron chi connectivity index (χ3n) is 4.41. The molecule has 0 amide bonds. The maximum atomic E-state index is 5.79. The summed E-state index contributed by atoms with van der Waals surface area (Å²) in [5, 5.41) is 10.1. The fourth-order valence-corrected chi connectivity index (χ4v) is 3.65. The minimum absolute atomic E-state index is 0. The van der Waals surface area contributed by atoms with Gasteiger partial charge in [-0.1, -0.05) is 13.8 Å². The molecule has 0 bridgehead atoms. The average Bonchev–Trinajstić information content (AvgIpc) is 3.13. The van der Waals surface area contributed by atoms with Crippen molar-refractivity contribution in [2.75, 3.05) is 46.6 Å². The second kappa shape index (κ2) is 14.5. The van der Waals surface area contributed by atoms with Gasteiger partial charge in [0, 0.05) is 64.3 Å². The van der Waals surface area contributed by atoms with Crippen molar-refractivity contribution in [2.24, 2.45) is 10.9 Å². The summed E-state index contributed by atoms with van der Waals surface area (Å²) in [6, 6.07) is 0. The highest BCUT2D eigenvalue weighted by Gasteiger charge is 2.13. The number of aliphatic imine (C=N–C) groups is 1. The van der Waals surface area contributed by atoms with Crippen LogP contribution in [0.5, 0.6) is 0 Å². The number of thiazole rings is 1. The summed E-state index contributed by atoms with van der Waals surface area (Å²) in [7, 11) is 1.80. The van der Waals surface area contributed by atoms with Crippen molar-refractivity contribution in [1.29, 1.82) is 0 Å². The number of nitrogens with one attached hydrogen (secondary N) is 2. The van der Waals surface area contributed by atoms with Gasteiger partial charge in [-0.3, -0.25) is 4.99 Å². The molecule has 0 spiro atoms. The first-order chi connectivity index (χ1) is 12.7. The van der Waals surface area contributed by atoms with Gasteiger partial charge >= 0.3 is 0 Å². The molecule has 1 saturated heterocycles. The highest BCUT2D eigenvalue weighted by molar-refractivity contribution is 14.0. The zero-order chi connectivity index (χ0) is 18.6. The van der Waals surface area contributed by atoms with Crippen LogP contribution in [0.25, 0.3) is 0 Å². The second-order valence-corrected chi connectivity index (χ2v) is 7.88. The molecule has 0 saturated carbocycles. The maximum absolute atomic E-state index is 5.79. The molecule has 27 heavy (non-hydrogen) atoms. The van der Waals surface area contributed by atoms with Gasteiger partial charge in [0.25, 0.3) is 0 Å². The molecular formula is C19H35IN4O2S. The predicted octanol–water partition coefficient (Wildman–Crippen LogP) is 3.43. The molecule has 1 aliphatic heterocycles. The number of hydrogen-bond donors (Lipinski definition) is 2. The number of halogens is 1. The van der Waals surface area contributed by atoms with Gasteiger partial charge in [0.2, 0.25) is 0 Å². The summed E-state index contributed by atoms with van der Waals surface area (Å²) in [6.45, 7) is 9.48. The van der Waals surface area contributed by atoms with Crippen LogP contribution in [0.2, 0.25) is 0 Å². The lowest BCUT2D eigenvalue weighted by Crippen LogP contribution is -2.39. The minimum Gasteiger partial charge on any atom is -0.381 e. The molecule has 1 aromatic rings. The first kappa shape index (κ1) is 24.6. The molecule has 0 unspecified atom stereocenters. The molecule has 2 N–H and O–H groups in total. The largest absolute Gasteiger partial charge is 0.381 e. The third-order valence-corrected chi connectivity index (χ3v) is 5.61. The molecular weight excluding hydrogens is 475 g/mol. The van der Waals surface area contributed by atoms with E-state index in [0.717, 1.165) is 76.9 Å². The summed E-state index contributed by atoms with van der Waals surface area (Å²) in [5.41, 5.74) is 1.16. The van der Waals surface area contributed by atoms with E-state index >= 15 is 0 Å². The van der Waals surface area contributed by atoms with E-state index in [9.17, 15) is 0 Å². The second-order valence-electron chi connectivity index (χ2n) is 6.99. The van der Waals surface area contributed by atoms with Crippen molar-refractivity contribution in [3.8, 4) is 0 Å². The quantitative estimate of drug-likeness (QED) is 0.219. The number of ether oxygens (including phenoxy) is 2. The fraction of sp³-hybridized carbons (Fsp3) is 0.789. The average molecular weight is 510 g/mol. The molecule has 2 rings (SSSR count). The Kier molecular flexibility index (Phi) is 13.2. The molecule has 8 heteroatoms. The van der Waals surface area contributed by atoms with Crippen LogP contribution < -0.4 is 10.6 Å². The molecule has 0 atom stereocenters. The van der Waals surface area contributed by atoms with Gasteiger partial charge in [0.1, 0.15) is 0 Å². The molecule has 0 aliphatic carbocycles. The Morgan fingerprint density at radius 3 is 2.74 bits per heavy atom. The molecule has 1 aromatic heterocycles. The predicted molar refractivity (Wildman–Crippen MR) is 124 cm³/mol. The van der Waals surface area contributed by atoms with Crippen LogP contribution in [0.4, 0.5) is 0 Å². The monoisotopic (exact) mass is 510 g/mol. The van der Waals surface area contributed by atoms with E-state index in [-0.39, 0.29) is 24.0 Å². The Hall–Kier alpha value is -0.450. The molecule has 156 valence electrons. The van der Waals surface area contributed by atoms with Gasteiger partial charge in [-0.05, 0) is 25.2 Å². The summed E-state index contributed by atoms with van der Waals surface area (Å²) in [6.07, 6.45) is 4.16. The van der Waals surface area contributed by atoms with Crippen LogP contribution in [0.3, 0.4) is 0 Å². The molecule has 2 heterocycles. The summed E-state index contributed by atoms with van der Waals surface area (Å²) >= 11 is 1.75. The van der Waals surface area contributed by atoms with Crippen molar-refractivity contribution in [3.63, 3.8) is 0 Å². The molecule has 0 aromatic carbocycles. The van der Waals surface area contributed by atoms with E-state index in [1.54, 1.807) is 18.4 Å². The van der Waals surface area contributed by atoms with E-state index in [1.807, 2.05) is 0 Å². The van der Waals surface area contributed by atoms with Gasteiger partial charge in [0.15, 0.2) is 5.96 Å². The van der Waals surface area contributed by atoms with Crippen molar-refractivity contribution < 1.29 is 9.47 Å². The van der Waals surface area contributed by atoms with E-state index < -0.39 is 0 Å². The van der Waals surface area contributed by atoms with Crippen LogP contribution in [0.1, 0.15) is 49.7 Å². The standard InChI is InChI=1S/C19H34N4O2S.HI/c1-15(2)18-23-17(14-26-18)5-9-22-19(20-3)21-8-4-10-25-13-16-6-11-24-12-7-16;/h14-16H,4-13H2,1-3H3,(H2,20,21,22);1H. The van der Waals surface area contributed by atoms with Crippen molar-refractivity contribution in [2.45, 2.75) is 45.4 Å².